The second-order valence-electron chi connectivity index (χ2n) is 12.5. The molecule has 5 heteroatoms. The van der Waals surface area contributed by atoms with E-state index in [2.05, 4.69) is 120 Å². The Labute approximate surface area is 287 Å². The van der Waals surface area contributed by atoms with Crippen molar-refractivity contribution in [1.29, 1.82) is 0 Å². The van der Waals surface area contributed by atoms with Gasteiger partial charge >= 0.3 is 0 Å². The van der Waals surface area contributed by atoms with Crippen molar-refractivity contribution in [3.63, 3.8) is 0 Å². The highest BCUT2D eigenvalue weighted by Gasteiger charge is 2.19. The van der Waals surface area contributed by atoms with Crippen molar-refractivity contribution < 1.29 is 4.42 Å². The minimum Gasteiger partial charge on any atom is -0.456 e. The topological polar surface area (TPSA) is 56.7 Å². The van der Waals surface area contributed by atoms with Crippen LogP contribution in [0.1, 0.15) is 0 Å². The van der Waals surface area contributed by atoms with Gasteiger partial charge in [-0.05, 0) is 52.6 Å². The summed E-state index contributed by atoms with van der Waals surface area (Å²) in [4.78, 5) is 15.3. The van der Waals surface area contributed by atoms with Gasteiger partial charge in [-0.15, -0.1) is 0 Å². The molecule has 3 heterocycles. The van der Waals surface area contributed by atoms with Crippen LogP contribution in [0.2, 0.25) is 0 Å². The predicted octanol–water partition coefficient (Wildman–Crippen LogP) is 11.5. The third-order valence-electron chi connectivity index (χ3n) is 9.49. The van der Waals surface area contributed by atoms with E-state index in [0.29, 0.717) is 17.6 Å². The van der Waals surface area contributed by atoms with Crippen molar-refractivity contribution in [3.8, 4) is 51.0 Å². The van der Waals surface area contributed by atoms with Gasteiger partial charge in [-0.3, -0.25) is 4.57 Å². The average molecular weight is 641 g/mol. The van der Waals surface area contributed by atoms with E-state index in [0.717, 1.165) is 71.6 Å². The van der Waals surface area contributed by atoms with E-state index in [-0.39, 0.29) is 0 Å². The Morgan fingerprint density at radius 3 is 1.72 bits per heavy atom. The molecule has 0 atom stereocenters. The molecule has 5 nitrogen and oxygen atoms in total. The fraction of sp³-hybridized carbons (Fsp3) is 0. The summed E-state index contributed by atoms with van der Waals surface area (Å²) in [5, 5.41) is 4.49. The van der Waals surface area contributed by atoms with Crippen LogP contribution in [-0.4, -0.2) is 19.5 Å². The first-order valence-corrected chi connectivity index (χ1v) is 16.7. The third-order valence-corrected chi connectivity index (χ3v) is 9.49. The number of benzene rings is 7. The number of furan rings is 1. The normalized spacial score (nSPS) is 11.6. The lowest BCUT2D eigenvalue weighted by Gasteiger charge is -2.11. The Bertz CT molecular complexity index is 2850. The zero-order chi connectivity index (χ0) is 33.0. The summed E-state index contributed by atoms with van der Waals surface area (Å²) < 4.78 is 8.40. The number of hydrogen-bond donors (Lipinski definition) is 0. The molecule has 0 saturated carbocycles. The molecule has 0 aliphatic carbocycles. The van der Waals surface area contributed by atoms with Gasteiger partial charge in [0.25, 0.3) is 0 Å². The van der Waals surface area contributed by atoms with Gasteiger partial charge in [0.05, 0.1) is 11.0 Å². The van der Waals surface area contributed by atoms with Crippen LogP contribution < -0.4 is 0 Å². The van der Waals surface area contributed by atoms with Gasteiger partial charge in [-0.1, -0.05) is 140 Å². The monoisotopic (exact) mass is 640 g/mol. The summed E-state index contributed by atoms with van der Waals surface area (Å²) in [5.41, 5.74) is 10.3. The largest absolute Gasteiger partial charge is 0.456 e. The number of aromatic nitrogens is 4. The number of fused-ring (bicyclic) bond motifs is 6. The molecule has 10 rings (SSSR count). The zero-order valence-electron chi connectivity index (χ0n) is 26.9. The van der Waals surface area contributed by atoms with Crippen LogP contribution in [0.25, 0.3) is 94.7 Å². The summed E-state index contributed by atoms with van der Waals surface area (Å²) in [6.07, 6.45) is 0. The summed E-state index contributed by atoms with van der Waals surface area (Å²) in [7, 11) is 0. The molecular weight excluding hydrogens is 613 g/mol. The average Bonchev–Trinajstić information content (AvgIpc) is 3.74. The third kappa shape index (κ3) is 4.60. The molecule has 10 aromatic rings. The smallest absolute Gasteiger partial charge is 0.238 e. The zero-order valence-corrected chi connectivity index (χ0v) is 26.9. The Morgan fingerprint density at radius 2 is 0.940 bits per heavy atom. The van der Waals surface area contributed by atoms with Crippen LogP contribution in [-0.2, 0) is 0 Å². The molecule has 7 aromatic carbocycles. The van der Waals surface area contributed by atoms with Crippen LogP contribution in [0, 0.1) is 0 Å². The van der Waals surface area contributed by atoms with E-state index in [9.17, 15) is 0 Å². The van der Waals surface area contributed by atoms with Crippen LogP contribution in [0.15, 0.2) is 174 Å². The molecule has 50 heavy (non-hydrogen) atoms. The molecule has 0 unspecified atom stereocenters. The van der Waals surface area contributed by atoms with Gasteiger partial charge in [-0.25, -0.2) is 4.98 Å². The van der Waals surface area contributed by atoms with Crippen molar-refractivity contribution in [2.75, 3.05) is 0 Å². The standard InChI is InChI=1S/C45H28N4O/c1-3-12-29(13-4-1)30-22-24-32(25-23-30)44-46-43(31-14-5-2-6-15-31)47-45(48-44)49-38-19-9-7-16-35(38)37-28-33(26-27-39(37)49)34-18-11-21-41-42(34)36-17-8-10-20-40(36)50-41/h1-28H. The van der Waals surface area contributed by atoms with E-state index < -0.39 is 0 Å². The number of rotatable bonds is 5. The molecule has 0 radical (unpaired) electrons. The van der Waals surface area contributed by atoms with Gasteiger partial charge in [0.2, 0.25) is 5.95 Å². The number of hydrogen-bond acceptors (Lipinski definition) is 4. The lowest BCUT2D eigenvalue weighted by molar-refractivity contribution is 0.669. The summed E-state index contributed by atoms with van der Waals surface area (Å²) in [6, 6.07) is 58.6. The minimum absolute atomic E-state index is 0.572. The summed E-state index contributed by atoms with van der Waals surface area (Å²) in [6.45, 7) is 0. The van der Waals surface area contributed by atoms with Gasteiger partial charge in [0, 0.05) is 32.7 Å². The van der Waals surface area contributed by atoms with Gasteiger partial charge < -0.3 is 4.42 Å². The molecule has 0 N–H and O–H groups in total. The predicted molar refractivity (Wildman–Crippen MR) is 203 cm³/mol. The van der Waals surface area contributed by atoms with Crippen molar-refractivity contribution in [3.05, 3.63) is 170 Å². The molecule has 0 aliphatic rings. The highest BCUT2D eigenvalue weighted by molar-refractivity contribution is 6.15. The maximum Gasteiger partial charge on any atom is 0.238 e. The SMILES string of the molecule is c1ccc(-c2ccc(-c3nc(-c4ccccc4)nc(-n4c5ccccc5c5cc(-c6cccc7oc8ccccc8c67)ccc54)n3)cc2)cc1. The van der Waals surface area contributed by atoms with E-state index in [1.165, 1.54) is 5.56 Å². The summed E-state index contributed by atoms with van der Waals surface area (Å²) >= 11 is 0. The van der Waals surface area contributed by atoms with Crippen LogP contribution in [0.5, 0.6) is 0 Å². The molecule has 0 aliphatic heterocycles. The fourth-order valence-corrected chi connectivity index (χ4v) is 7.12. The molecule has 0 bridgehead atoms. The van der Waals surface area contributed by atoms with Crippen LogP contribution >= 0.6 is 0 Å². The lowest BCUT2D eigenvalue weighted by atomic mass is 9.98. The van der Waals surface area contributed by atoms with E-state index in [1.807, 2.05) is 54.6 Å². The molecular formula is C45H28N4O. The highest BCUT2D eigenvalue weighted by atomic mass is 16.3. The second kappa shape index (κ2) is 11.4. The molecule has 0 saturated heterocycles. The van der Waals surface area contributed by atoms with Crippen molar-refractivity contribution in [1.82, 2.24) is 19.5 Å². The van der Waals surface area contributed by atoms with Gasteiger partial charge in [-0.2, -0.15) is 9.97 Å². The Balaban J connectivity index is 1.18. The van der Waals surface area contributed by atoms with E-state index in [1.54, 1.807) is 0 Å². The quantitative estimate of drug-likeness (QED) is 0.188. The Kier molecular flexibility index (Phi) is 6.42. The molecule has 0 fully saturated rings. The first-order valence-electron chi connectivity index (χ1n) is 16.7. The van der Waals surface area contributed by atoms with Gasteiger partial charge in [0.1, 0.15) is 11.2 Å². The maximum atomic E-state index is 6.23. The molecule has 234 valence electrons. The lowest BCUT2D eigenvalue weighted by Crippen LogP contribution is -2.06. The Morgan fingerprint density at radius 1 is 0.380 bits per heavy atom. The maximum absolute atomic E-state index is 6.23. The van der Waals surface area contributed by atoms with Crippen molar-refractivity contribution >= 4 is 43.7 Å². The first kappa shape index (κ1) is 28.2. The van der Waals surface area contributed by atoms with Gasteiger partial charge in [0.15, 0.2) is 11.6 Å². The Hall–Kier alpha value is -6.85. The van der Waals surface area contributed by atoms with E-state index >= 15 is 0 Å². The fourth-order valence-electron chi connectivity index (χ4n) is 7.12. The van der Waals surface area contributed by atoms with E-state index in [4.69, 9.17) is 19.4 Å². The molecule has 0 amide bonds. The second-order valence-corrected chi connectivity index (χ2v) is 12.5. The molecule has 0 spiro atoms. The number of para-hydroxylation sites is 2. The minimum atomic E-state index is 0.572. The van der Waals surface area contributed by atoms with Crippen LogP contribution in [0.4, 0.5) is 0 Å². The summed E-state index contributed by atoms with van der Waals surface area (Å²) in [5.74, 6) is 1.82. The highest BCUT2D eigenvalue weighted by Crippen LogP contribution is 2.40. The number of nitrogens with zero attached hydrogens (tertiary/aromatic N) is 4. The molecule has 3 aromatic heterocycles. The van der Waals surface area contributed by atoms with Crippen LogP contribution in [0.3, 0.4) is 0 Å². The van der Waals surface area contributed by atoms with Crippen molar-refractivity contribution in [2.24, 2.45) is 0 Å². The first-order chi connectivity index (χ1) is 24.8. The van der Waals surface area contributed by atoms with Crippen molar-refractivity contribution in [2.45, 2.75) is 0 Å².